The van der Waals surface area contributed by atoms with E-state index in [-0.39, 0.29) is 12.4 Å². The van der Waals surface area contributed by atoms with Gasteiger partial charge in [0.15, 0.2) is 6.61 Å². The molecule has 0 unspecified atom stereocenters. The Kier molecular flexibility index (Phi) is 4.18. The first-order chi connectivity index (χ1) is 10.1. The molecule has 0 heterocycles. The fourth-order valence-electron chi connectivity index (χ4n) is 2.58. The minimum absolute atomic E-state index is 0.0276. The number of ketones is 1. The van der Waals surface area contributed by atoms with Gasteiger partial charge in [0.2, 0.25) is 5.78 Å². The monoisotopic (exact) mass is 320 g/mol. The smallest absolute Gasteiger partial charge is 0.201 e. The minimum atomic E-state index is -0.155. The fraction of sp³-hybridized carbons (Fsp3) is 0.235. The van der Waals surface area contributed by atoms with E-state index in [2.05, 4.69) is 6.07 Å². The Bertz CT molecular complexity index is 695. The van der Waals surface area contributed by atoms with Crippen molar-refractivity contribution in [2.75, 3.05) is 6.61 Å². The van der Waals surface area contributed by atoms with Gasteiger partial charge in [0.25, 0.3) is 0 Å². The number of halogens is 2. The highest BCUT2D eigenvalue weighted by atomic mass is 35.5. The highest BCUT2D eigenvalue weighted by Crippen LogP contribution is 2.26. The largest absolute Gasteiger partial charge is 0.485 e. The van der Waals surface area contributed by atoms with Gasteiger partial charge >= 0.3 is 0 Å². The van der Waals surface area contributed by atoms with Crippen LogP contribution in [0.2, 0.25) is 10.0 Å². The van der Waals surface area contributed by atoms with Crippen LogP contribution in [0.4, 0.5) is 0 Å². The number of benzene rings is 2. The van der Waals surface area contributed by atoms with Crippen molar-refractivity contribution in [3.8, 4) is 5.75 Å². The molecular weight excluding hydrogens is 307 g/mol. The molecule has 0 saturated carbocycles. The summed E-state index contributed by atoms with van der Waals surface area (Å²) < 4.78 is 5.59. The van der Waals surface area contributed by atoms with E-state index in [0.717, 1.165) is 18.6 Å². The van der Waals surface area contributed by atoms with Gasteiger partial charge in [-0.1, -0.05) is 29.3 Å². The molecule has 21 heavy (non-hydrogen) atoms. The third-order valence-electron chi connectivity index (χ3n) is 3.67. The summed E-state index contributed by atoms with van der Waals surface area (Å²) in [4.78, 5) is 12.1. The Balaban J connectivity index is 1.68. The zero-order chi connectivity index (χ0) is 14.8. The Morgan fingerprint density at radius 3 is 2.67 bits per heavy atom. The molecule has 0 aromatic heterocycles. The summed E-state index contributed by atoms with van der Waals surface area (Å²) in [5, 5.41) is 0.862. The quantitative estimate of drug-likeness (QED) is 0.760. The van der Waals surface area contributed by atoms with E-state index in [1.165, 1.54) is 17.5 Å². The summed E-state index contributed by atoms with van der Waals surface area (Å²) >= 11 is 11.8. The van der Waals surface area contributed by atoms with Gasteiger partial charge < -0.3 is 4.74 Å². The summed E-state index contributed by atoms with van der Waals surface area (Å²) in [6, 6.07) is 10.9. The predicted molar refractivity (Wildman–Crippen MR) is 84.8 cm³/mol. The summed E-state index contributed by atoms with van der Waals surface area (Å²) in [5.41, 5.74) is 3.14. The number of fused-ring (bicyclic) bond motifs is 1. The molecule has 0 saturated heterocycles. The second-order valence-electron chi connectivity index (χ2n) is 5.12. The van der Waals surface area contributed by atoms with Gasteiger partial charge in [0, 0.05) is 10.6 Å². The van der Waals surface area contributed by atoms with Crippen molar-refractivity contribution >= 4 is 29.0 Å². The van der Waals surface area contributed by atoms with Crippen molar-refractivity contribution in [3.63, 3.8) is 0 Å². The number of Topliss-reactive ketones (excluding diaryl/α,β-unsaturated/α-hetero) is 1. The van der Waals surface area contributed by atoms with Gasteiger partial charge in [-0.25, -0.2) is 0 Å². The van der Waals surface area contributed by atoms with Gasteiger partial charge in [-0.3, -0.25) is 4.79 Å². The lowest BCUT2D eigenvalue weighted by molar-refractivity contribution is 0.0921. The van der Waals surface area contributed by atoms with E-state index < -0.39 is 0 Å². The molecule has 0 atom stereocenters. The summed E-state index contributed by atoms with van der Waals surface area (Å²) in [7, 11) is 0. The minimum Gasteiger partial charge on any atom is -0.485 e. The molecule has 3 rings (SSSR count). The number of hydrogen-bond acceptors (Lipinski definition) is 2. The number of carbonyl (C=O) groups is 1. The van der Waals surface area contributed by atoms with Crippen LogP contribution in [0.25, 0.3) is 0 Å². The number of aryl methyl sites for hydroxylation is 2. The molecule has 0 amide bonds. The van der Waals surface area contributed by atoms with Crippen molar-refractivity contribution in [1.82, 2.24) is 0 Å². The first-order valence-electron chi connectivity index (χ1n) is 6.86. The molecule has 108 valence electrons. The van der Waals surface area contributed by atoms with E-state index in [9.17, 15) is 4.79 Å². The molecule has 0 bridgehead atoms. The maximum atomic E-state index is 12.1. The van der Waals surface area contributed by atoms with E-state index in [4.69, 9.17) is 27.9 Å². The molecule has 2 aromatic rings. The zero-order valence-corrected chi connectivity index (χ0v) is 12.9. The van der Waals surface area contributed by atoms with Crippen LogP contribution < -0.4 is 4.74 Å². The SMILES string of the molecule is O=C(COc1ccc2c(c1)CCC2)c1ccc(Cl)cc1Cl. The first kappa shape index (κ1) is 14.4. The predicted octanol–water partition coefficient (Wildman–Crippen LogP) is 4.74. The van der Waals surface area contributed by atoms with Gasteiger partial charge in [-0.05, 0) is 60.7 Å². The van der Waals surface area contributed by atoms with E-state index >= 15 is 0 Å². The van der Waals surface area contributed by atoms with Crippen LogP contribution in [0, 0.1) is 0 Å². The normalized spacial score (nSPS) is 13.0. The van der Waals surface area contributed by atoms with Crippen molar-refractivity contribution < 1.29 is 9.53 Å². The van der Waals surface area contributed by atoms with E-state index in [0.29, 0.717) is 15.6 Å². The summed E-state index contributed by atoms with van der Waals surface area (Å²) in [6.07, 6.45) is 3.41. The number of rotatable bonds is 4. The maximum Gasteiger partial charge on any atom is 0.201 e. The molecule has 1 aliphatic carbocycles. The molecule has 0 N–H and O–H groups in total. The molecular formula is C17H14Cl2O2. The fourth-order valence-corrected chi connectivity index (χ4v) is 3.09. The van der Waals surface area contributed by atoms with Gasteiger partial charge in [0.05, 0.1) is 5.02 Å². The summed E-state index contributed by atoms with van der Waals surface area (Å²) in [5.74, 6) is 0.575. The van der Waals surface area contributed by atoms with Gasteiger partial charge in [-0.2, -0.15) is 0 Å². The Hall–Kier alpha value is -1.51. The lowest BCUT2D eigenvalue weighted by Crippen LogP contribution is -2.12. The van der Waals surface area contributed by atoms with Crippen LogP contribution >= 0.6 is 23.2 Å². The third kappa shape index (κ3) is 3.22. The average Bonchev–Trinajstić information content (AvgIpc) is 2.92. The van der Waals surface area contributed by atoms with E-state index in [1.807, 2.05) is 12.1 Å². The Morgan fingerprint density at radius 2 is 1.86 bits per heavy atom. The van der Waals surface area contributed by atoms with Crippen molar-refractivity contribution in [3.05, 3.63) is 63.1 Å². The highest BCUT2D eigenvalue weighted by Gasteiger charge is 2.14. The molecule has 0 spiro atoms. The van der Waals surface area contributed by atoms with Crippen LogP contribution in [-0.2, 0) is 12.8 Å². The molecule has 1 aliphatic rings. The highest BCUT2D eigenvalue weighted by molar-refractivity contribution is 6.36. The summed E-state index contributed by atoms with van der Waals surface area (Å²) in [6.45, 7) is -0.0276. The lowest BCUT2D eigenvalue weighted by atomic mass is 10.1. The molecule has 2 nitrogen and oxygen atoms in total. The van der Waals surface area contributed by atoms with Crippen LogP contribution in [-0.4, -0.2) is 12.4 Å². The molecule has 0 aliphatic heterocycles. The Labute approximate surface area is 133 Å². The average molecular weight is 321 g/mol. The first-order valence-corrected chi connectivity index (χ1v) is 7.62. The number of hydrogen-bond donors (Lipinski definition) is 0. The second-order valence-corrected chi connectivity index (χ2v) is 5.96. The van der Waals surface area contributed by atoms with Crippen LogP contribution in [0.1, 0.15) is 27.9 Å². The van der Waals surface area contributed by atoms with Crippen LogP contribution in [0.5, 0.6) is 5.75 Å². The zero-order valence-electron chi connectivity index (χ0n) is 11.4. The van der Waals surface area contributed by atoms with Crippen LogP contribution in [0.3, 0.4) is 0 Å². The topological polar surface area (TPSA) is 26.3 Å². The van der Waals surface area contributed by atoms with Crippen molar-refractivity contribution in [2.45, 2.75) is 19.3 Å². The molecule has 4 heteroatoms. The molecule has 0 radical (unpaired) electrons. The second kappa shape index (κ2) is 6.08. The van der Waals surface area contributed by atoms with E-state index in [1.54, 1.807) is 18.2 Å². The van der Waals surface area contributed by atoms with Crippen molar-refractivity contribution in [2.24, 2.45) is 0 Å². The number of carbonyl (C=O) groups excluding carboxylic acids is 1. The van der Waals surface area contributed by atoms with Gasteiger partial charge in [-0.15, -0.1) is 0 Å². The van der Waals surface area contributed by atoms with Crippen molar-refractivity contribution in [1.29, 1.82) is 0 Å². The number of ether oxygens (including phenoxy) is 1. The molecule has 2 aromatic carbocycles. The standard InChI is InChI=1S/C17H14Cl2O2/c18-13-5-7-15(16(19)9-13)17(20)10-21-14-6-4-11-2-1-3-12(11)8-14/h4-9H,1-3,10H2. The maximum absolute atomic E-state index is 12.1. The lowest BCUT2D eigenvalue weighted by Gasteiger charge is -2.08. The molecule has 0 fully saturated rings. The van der Waals surface area contributed by atoms with Crippen LogP contribution in [0.15, 0.2) is 36.4 Å². The Morgan fingerprint density at radius 1 is 1.05 bits per heavy atom. The van der Waals surface area contributed by atoms with Gasteiger partial charge in [0.1, 0.15) is 5.75 Å². The third-order valence-corrected chi connectivity index (χ3v) is 4.22.